The molecule has 1 rings (SSSR count). The minimum absolute atomic E-state index is 0.0439. The molecule has 0 aliphatic rings. The fourth-order valence-corrected chi connectivity index (χ4v) is 1.52. The molecular formula is C13H19N3O3. The van der Waals surface area contributed by atoms with Crippen LogP contribution in [-0.4, -0.2) is 40.6 Å². The number of rotatable bonds is 5. The lowest BCUT2D eigenvalue weighted by molar-refractivity contribution is 0.0696. The first-order valence-electron chi connectivity index (χ1n) is 6.14. The normalized spacial score (nSPS) is 11.7. The molecule has 0 aliphatic heterocycles. The van der Waals surface area contributed by atoms with Gasteiger partial charge >= 0.3 is 12.0 Å². The van der Waals surface area contributed by atoms with Crippen molar-refractivity contribution in [2.75, 3.05) is 18.9 Å². The van der Waals surface area contributed by atoms with Crippen LogP contribution in [0.2, 0.25) is 0 Å². The maximum Gasteiger partial charge on any atom is 0.337 e. The highest BCUT2D eigenvalue weighted by Gasteiger charge is 2.12. The summed E-state index contributed by atoms with van der Waals surface area (Å²) in [6, 6.07) is 1.11. The first-order chi connectivity index (χ1) is 8.93. The van der Waals surface area contributed by atoms with Crippen LogP contribution in [0.15, 0.2) is 18.5 Å². The number of amides is 2. The minimum atomic E-state index is -1.07. The third kappa shape index (κ3) is 4.57. The summed E-state index contributed by atoms with van der Waals surface area (Å²) >= 11 is 0. The van der Waals surface area contributed by atoms with Crippen molar-refractivity contribution in [1.82, 2.24) is 9.88 Å². The summed E-state index contributed by atoms with van der Waals surface area (Å²) in [5.41, 5.74) is 0.420. The molecule has 104 valence electrons. The van der Waals surface area contributed by atoms with Gasteiger partial charge in [0, 0.05) is 19.8 Å². The zero-order valence-electron chi connectivity index (χ0n) is 11.4. The van der Waals surface area contributed by atoms with Gasteiger partial charge in [0.1, 0.15) is 0 Å². The van der Waals surface area contributed by atoms with Crippen molar-refractivity contribution >= 4 is 17.7 Å². The van der Waals surface area contributed by atoms with Crippen molar-refractivity contribution in [3.63, 3.8) is 0 Å². The topological polar surface area (TPSA) is 82.5 Å². The molecule has 0 aromatic carbocycles. The van der Waals surface area contributed by atoms with Gasteiger partial charge < -0.3 is 15.3 Å². The molecule has 6 nitrogen and oxygen atoms in total. The number of hydrogen-bond acceptors (Lipinski definition) is 3. The molecule has 1 aromatic heterocycles. The summed E-state index contributed by atoms with van der Waals surface area (Å²) < 4.78 is 0. The Bertz CT molecular complexity index is 462. The lowest BCUT2D eigenvalue weighted by Crippen LogP contribution is -2.34. The van der Waals surface area contributed by atoms with Gasteiger partial charge in [0.2, 0.25) is 0 Å². The van der Waals surface area contributed by atoms with Gasteiger partial charge in [0.05, 0.1) is 17.4 Å². The van der Waals surface area contributed by atoms with Crippen LogP contribution >= 0.6 is 0 Å². The van der Waals surface area contributed by atoms with E-state index in [2.05, 4.69) is 24.1 Å². The van der Waals surface area contributed by atoms with Crippen LogP contribution in [0.4, 0.5) is 10.5 Å². The molecular weight excluding hydrogens is 246 g/mol. The van der Waals surface area contributed by atoms with E-state index in [0.717, 1.165) is 6.42 Å². The summed E-state index contributed by atoms with van der Waals surface area (Å²) in [5.74, 6) is -0.657. The second kappa shape index (κ2) is 6.72. The zero-order chi connectivity index (χ0) is 14.4. The molecule has 1 atom stereocenters. The molecule has 1 aromatic rings. The van der Waals surface area contributed by atoms with Crippen molar-refractivity contribution in [3.05, 3.63) is 24.0 Å². The summed E-state index contributed by atoms with van der Waals surface area (Å²) in [7, 11) is 1.70. The molecule has 2 N–H and O–H groups in total. The van der Waals surface area contributed by atoms with Crippen LogP contribution < -0.4 is 5.32 Å². The second-order valence-corrected chi connectivity index (χ2v) is 4.59. The third-order valence-electron chi connectivity index (χ3n) is 2.87. The molecule has 0 bridgehead atoms. The van der Waals surface area contributed by atoms with Gasteiger partial charge in [0.25, 0.3) is 0 Å². The molecule has 6 heteroatoms. The van der Waals surface area contributed by atoms with Gasteiger partial charge in [0.15, 0.2) is 0 Å². The smallest absolute Gasteiger partial charge is 0.337 e. The molecule has 0 fully saturated rings. The van der Waals surface area contributed by atoms with Crippen LogP contribution in [-0.2, 0) is 0 Å². The monoisotopic (exact) mass is 265 g/mol. The number of hydrogen-bond donors (Lipinski definition) is 2. The number of urea groups is 1. The molecule has 2 amide bonds. The fraction of sp³-hybridized carbons (Fsp3) is 0.462. The molecule has 0 radical (unpaired) electrons. The standard InChI is InChI=1S/C13H19N3O3/c1-4-9(2)8-16(3)13(19)15-11-5-10(12(17)18)6-14-7-11/h5-7,9H,4,8H2,1-3H3,(H,15,19)(H,17,18). The number of carbonyl (C=O) groups excluding carboxylic acids is 1. The van der Waals surface area contributed by atoms with E-state index in [1.807, 2.05) is 0 Å². The second-order valence-electron chi connectivity index (χ2n) is 4.59. The van der Waals surface area contributed by atoms with Crippen LogP contribution in [0.3, 0.4) is 0 Å². The Labute approximate surface area is 112 Å². The van der Waals surface area contributed by atoms with Gasteiger partial charge in [-0.25, -0.2) is 9.59 Å². The van der Waals surface area contributed by atoms with E-state index in [4.69, 9.17) is 5.11 Å². The summed E-state index contributed by atoms with van der Waals surface area (Å²) in [5, 5.41) is 11.5. The third-order valence-corrected chi connectivity index (χ3v) is 2.87. The maximum absolute atomic E-state index is 11.9. The van der Waals surface area contributed by atoms with E-state index < -0.39 is 5.97 Å². The van der Waals surface area contributed by atoms with E-state index in [9.17, 15) is 9.59 Å². The predicted octanol–water partition coefficient (Wildman–Crippen LogP) is 2.29. The van der Waals surface area contributed by atoms with Gasteiger partial charge in [-0.1, -0.05) is 20.3 Å². The van der Waals surface area contributed by atoms with E-state index in [-0.39, 0.29) is 11.6 Å². The lowest BCUT2D eigenvalue weighted by atomic mass is 10.1. The summed E-state index contributed by atoms with van der Waals surface area (Å²) in [6.07, 6.45) is 3.65. The summed E-state index contributed by atoms with van der Waals surface area (Å²) in [6.45, 7) is 4.78. The van der Waals surface area contributed by atoms with Crippen molar-refractivity contribution in [3.8, 4) is 0 Å². The Morgan fingerprint density at radius 1 is 1.47 bits per heavy atom. The Morgan fingerprint density at radius 2 is 2.16 bits per heavy atom. The van der Waals surface area contributed by atoms with E-state index in [0.29, 0.717) is 18.2 Å². The number of nitrogens with one attached hydrogen (secondary N) is 1. The van der Waals surface area contributed by atoms with Gasteiger partial charge in [-0.3, -0.25) is 4.98 Å². The van der Waals surface area contributed by atoms with Crippen molar-refractivity contribution in [2.45, 2.75) is 20.3 Å². The van der Waals surface area contributed by atoms with E-state index >= 15 is 0 Å². The first-order valence-corrected chi connectivity index (χ1v) is 6.14. The van der Waals surface area contributed by atoms with E-state index in [1.165, 1.54) is 18.5 Å². The maximum atomic E-state index is 11.9. The van der Waals surface area contributed by atoms with Crippen molar-refractivity contribution in [2.24, 2.45) is 5.92 Å². The number of carbonyl (C=O) groups is 2. The number of carboxylic acids is 1. The number of nitrogens with zero attached hydrogens (tertiary/aromatic N) is 2. The van der Waals surface area contributed by atoms with Gasteiger partial charge in [-0.2, -0.15) is 0 Å². The number of aromatic nitrogens is 1. The molecule has 1 unspecified atom stereocenters. The quantitative estimate of drug-likeness (QED) is 0.855. The zero-order valence-corrected chi connectivity index (χ0v) is 11.4. The van der Waals surface area contributed by atoms with Crippen LogP contribution in [0.5, 0.6) is 0 Å². The molecule has 0 saturated heterocycles. The Hall–Kier alpha value is -2.11. The Balaban J connectivity index is 2.66. The van der Waals surface area contributed by atoms with Crippen molar-refractivity contribution in [1.29, 1.82) is 0 Å². The molecule has 19 heavy (non-hydrogen) atoms. The lowest BCUT2D eigenvalue weighted by Gasteiger charge is -2.21. The fourth-order valence-electron chi connectivity index (χ4n) is 1.52. The SMILES string of the molecule is CCC(C)CN(C)C(=O)Nc1cncc(C(=O)O)c1. The van der Waals surface area contributed by atoms with Crippen LogP contribution in [0.25, 0.3) is 0 Å². The highest BCUT2D eigenvalue weighted by molar-refractivity contribution is 5.92. The van der Waals surface area contributed by atoms with Crippen LogP contribution in [0.1, 0.15) is 30.6 Å². The molecule has 0 aliphatic carbocycles. The highest BCUT2D eigenvalue weighted by atomic mass is 16.4. The highest BCUT2D eigenvalue weighted by Crippen LogP contribution is 2.10. The van der Waals surface area contributed by atoms with Crippen molar-refractivity contribution < 1.29 is 14.7 Å². The number of anilines is 1. The van der Waals surface area contributed by atoms with Gasteiger partial charge in [-0.05, 0) is 12.0 Å². The van der Waals surface area contributed by atoms with Crippen LogP contribution in [0, 0.1) is 5.92 Å². The Morgan fingerprint density at radius 3 is 2.74 bits per heavy atom. The van der Waals surface area contributed by atoms with Gasteiger partial charge in [-0.15, -0.1) is 0 Å². The number of pyridine rings is 1. The largest absolute Gasteiger partial charge is 0.478 e. The average molecular weight is 265 g/mol. The predicted molar refractivity (Wildman–Crippen MR) is 72.3 cm³/mol. The number of carboxylic acid groups (broad SMARTS) is 1. The molecule has 0 spiro atoms. The first kappa shape index (κ1) is 14.9. The summed E-state index contributed by atoms with van der Waals surface area (Å²) in [4.78, 5) is 28.0. The van der Waals surface area contributed by atoms with E-state index in [1.54, 1.807) is 11.9 Å². The molecule has 1 heterocycles. The number of aromatic carboxylic acids is 1. The minimum Gasteiger partial charge on any atom is -0.478 e. The Kier molecular flexibility index (Phi) is 5.29. The average Bonchev–Trinajstić information content (AvgIpc) is 2.38. The molecule has 0 saturated carbocycles.